The van der Waals surface area contributed by atoms with Gasteiger partial charge in [-0.05, 0) is 55.1 Å². The molecule has 3 N–H and O–H groups in total. The molecule has 0 spiro atoms. The van der Waals surface area contributed by atoms with E-state index in [1.165, 1.54) is 0 Å². The van der Waals surface area contributed by atoms with Gasteiger partial charge < -0.3 is 20.1 Å². The Bertz CT molecular complexity index is 663. The first-order chi connectivity index (χ1) is 12.1. The summed E-state index contributed by atoms with van der Waals surface area (Å²) in [5.41, 5.74) is 0.263. The van der Waals surface area contributed by atoms with Crippen LogP contribution in [0.15, 0.2) is 22.8 Å². The second-order valence-electron chi connectivity index (χ2n) is 8.94. The Hall–Kier alpha value is -1.01. The number of carbonyl (C=O) groups excluding carboxylic acids is 1. The van der Waals surface area contributed by atoms with E-state index in [0.29, 0.717) is 18.4 Å². The van der Waals surface area contributed by atoms with E-state index in [0.717, 1.165) is 17.6 Å². The molecular weight excluding hydrogens is 332 g/mol. The lowest BCUT2D eigenvalue weighted by Crippen LogP contribution is -2.41. The smallest absolute Gasteiger partial charge is 0.188 e. The molecule has 146 valence electrons. The van der Waals surface area contributed by atoms with Crippen molar-refractivity contribution in [1.82, 2.24) is 0 Å². The number of methoxy groups -OCH3 is 1. The number of hydrogen-bond donors (Lipinski definition) is 3. The molecule has 0 aliphatic heterocycles. The van der Waals surface area contributed by atoms with E-state index < -0.39 is 23.2 Å². The first-order valence-corrected chi connectivity index (χ1v) is 9.65. The highest BCUT2D eigenvalue weighted by Gasteiger charge is 2.54. The molecule has 5 nitrogen and oxygen atoms in total. The third-order valence-corrected chi connectivity index (χ3v) is 6.93. The second kappa shape index (κ2) is 6.55. The maximum atomic E-state index is 12.8. The molecule has 3 aliphatic rings. The van der Waals surface area contributed by atoms with Gasteiger partial charge in [-0.3, -0.25) is 4.79 Å². The maximum Gasteiger partial charge on any atom is 0.188 e. The molecule has 0 aromatic carbocycles. The van der Waals surface area contributed by atoms with Gasteiger partial charge in [0.15, 0.2) is 5.78 Å². The van der Waals surface area contributed by atoms with Crippen LogP contribution in [0.2, 0.25) is 0 Å². The number of aliphatic hydroxyl groups is 3. The van der Waals surface area contributed by atoms with E-state index in [2.05, 4.69) is 0 Å². The summed E-state index contributed by atoms with van der Waals surface area (Å²) >= 11 is 0. The number of rotatable bonds is 3. The minimum atomic E-state index is -1.17. The van der Waals surface area contributed by atoms with E-state index in [1.807, 2.05) is 33.8 Å². The van der Waals surface area contributed by atoms with Gasteiger partial charge in [-0.25, -0.2) is 0 Å². The van der Waals surface area contributed by atoms with Gasteiger partial charge in [0.2, 0.25) is 0 Å². The van der Waals surface area contributed by atoms with Crippen molar-refractivity contribution in [2.45, 2.75) is 64.8 Å². The molecule has 0 saturated heterocycles. The fourth-order valence-corrected chi connectivity index (χ4v) is 5.36. The van der Waals surface area contributed by atoms with Crippen LogP contribution in [0.5, 0.6) is 0 Å². The van der Waals surface area contributed by atoms with E-state index in [-0.39, 0.29) is 30.1 Å². The average Bonchev–Trinajstić information content (AvgIpc) is 2.95. The summed E-state index contributed by atoms with van der Waals surface area (Å²) in [6, 6.07) is 0. The van der Waals surface area contributed by atoms with Gasteiger partial charge in [0.25, 0.3) is 0 Å². The second-order valence-corrected chi connectivity index (χ2v) is 8.94. The number of fused-ring (bicyclic) bond motifs is 2. The molecule has 0 aromatic rings. The minimum Gasteiger partial charge on any atom is -0.392 e. The number of carbonyl (C=O) groups is 1. The Labute approximate surface area is 155 Å². The molecule has 3 aliphatic carbocycles. The number of hydrogen-bond acceptors (Lipinski definition) is 5. The van der Waals surface area contributed by atoms with Crippen LogP contribution in [0.3, 0.4) is 0 Å². The number of ketones is 1. The third-order valence-electron chi connectivity index (χ3n) is 6.93. The summed E-state index contributed by atoms with van der Waals surface area (Å²) < 4.78 is 5.27. The van der Waals surface area contributed by atoms with E-state index in [1.54, 1.807) is 7.11 Å². The first kappa shape index (κ1) is 19.7. The minimum absolute atomic E-state index is 0.0217. The molecule has 0 heterocycles. The molecule has 0 radical (unpaired) electrons. The van der Waals surface area contributed by atoms with Crippen LogP contribution in [-0.4, -0.2) is 52.6 Å². The Morgan fingerprint density at radius 1 is 1.35 bits per heavy atom. The molecule has 0 aromatic heterocycles. The molecule has 6 atom stereocenters. The fraction of sp³-hybridized carbons (Fsp3) is 0.762. The van der Waals surface area contributed by atoms with Crippen molar-refractivity contribution in [3.05, 3.63) is 22.8 Å². The van der Waals surface area contributed by atoms with Gasteiger partial charge in [0, 0.05) is 18.1 Å². The van der Waals surface area contributed by atoms with Crippen LogP contribution in [0.1, 0.15) is 47.0 Å². The van der Waals surface area contributed by atoms with Gasteiger partial charge in [-0.1, -0.05) is 26.8 Å². The number of ether oxygens (including phenoxy) is 1. The van der Waals surface area contributed by atoms with Crippen LogP contribution in [0.4, 0.5) is 0 Å². The summed E-state index contributed by atoms with van der Waals surface area (Å²) in [4.78, 5) is 12.8. The summed E-state index contributed by atoms with van der Waals surface area (Å²) in [5, 5.41) is 32.9. The Morgan fingerprint density at radius 3 is 2.58 bits per heavy atom. The Balaban J connectivity index is 2.23. The molecular formula is C21H32O5. The van der Waals surface area contributed by atoms with Crippen LogP contribution in [-0.2, 0) is 9.53 Å². The SMILES string of the molecule is COC[C@@]1(O)CC[C@@H]2C1=C[C@]1(C)C(=C(C(C)C)C(=O)[C@@H]1O)C[C@H](O)[C@@H]2C. The Morgan fingerprint density at radius 2 is 2.00 bits per heavy atom. The van der Waals surface area contributed by atoms with E-state index in [9.17, 15) is 20.1 Å². The van der Waals surface area contributed by atoms with E-state index >= 15 is 0 Å². The zero-order chi connectivity index (χ0) is 19.4. The number of aliphatic hydroxyl groups excluding tert-OH is 2. The van der Waals surface area contributed by atoms with Crippen molar-refractivity contribution in [2.24, 2.45) is 23.2 Å². The monoisotopic (exact) mass is 364 g/mol. The molecule has 0 unspecified atom stereocenters. The highest BCUT2D eigenvalue weighted by molar-refractivity contribution is 6.04. The van der Waals surface area contributed by atoms with Gasteiger partial charge in [-0.2, -0.15) is 0 Å². The van der Waals surface area contributed by atoms with Crippen molar-refractivity contribution >= 4 is 5.78 Å². The number of Topliss-reactive ketones (excluding diaryl/α,β-unsaturated/α-hetero) is 1. The van der Waals surface area contributed by atoms with Crippen molar-refractivity contribution in [3.63, 3.8) is 0 Å². The van der Waals surface area contributed by atoms with Crippen molar-refractivity contribution in [2.75, 3.05) is 13.7 Å². The average molecular weight is 364 g/mol. The summed E-state index contributed by atoms with van der Waals surface area (Å²) in [6.07, 6.45) is 1.85. The largest absolute Gasteiger partial charge is 0.392 e. The van der Waals surface area contributed by atoms with Crippen LogP contribution in [0.25, 0.3) is 0 Å². The molecule has 5 heteroatoms. The topological polar surface area (TPSA) is 87.0 Å². The van der Waals surface area contributed by atoms with Gasteiger partial charge >= 0.3 is 0 Å². The molecule has 0 bridgehead atoms. The summed E-state index contributed by atoms with van der Waals surface area (Å²) in [7, 11) is 1.56. The maximum absolute atomic E-state index is 12.8. The predicted molar refractivity (Wildman–Crippen MR) is 98.4 cm³/mol. The molecule has 26 heavy (non-hydrogen) atoms. The molecule has 1 fully saturated rings. The summed E-state index contributed by atoms with van der Waals surface area (Å²) in [5.74, 6) is -0.285. The molecule has 0 amide bonds. The fourth-order valence-electron chi connectivity index (χ4n) is 5.36. The van der Waals surface area contributed by atoms with E-state index in [4.69, 9.17) is 4.74 Å². The Kier molecular flexibility index (Phi) is 4.98. The lowest BCUT2D eigenvalue weighted by molar-refractivity contribution is -0.125. The zero-order valence-corrected chi connectivity index (χ0v) is 16.5. The quantitative estimate of drug-likeness (QED) is 0.667. The lowest BCUT2D eigenvalue weighted by Gasteiger charge is -2.39. The highest BCUT2D eigenvalue weighted by Crippen LogP contribution is 2.54. The van der Waals surface area contributed by atoms with Gasteiger partial charge in [-0.15, -0.1) is 0 Å². The van der Waals surface area contributed by atoms with Crippen molar-refractivity contribution in [3.8, 4) is 0 Å². The zero-order valence-electron chi connectivity index (χ0n) is 16.5. The van der Waals surface area contributed by atoms with Gasteiger partial charge in [0.1, 0.15) is 11.7 Å². The standard InChI is InChI=1S/C21H32O5/c1-11(2)17-14-8-16(22)12(3)13-6-7-21(25,10-26-5)15(13)9-20(14,4)19(24)18(17)23/h9,11-13,16,19,22,24-25H,6-8,10H2,1-5H3/t12-,13+,16+,19+,20-,21+/m1/s1. The van der Waals surface area contributed by atoms with Crippen molar-refractivity contribution < 1.29 is 24.9 Å². The van der Waals surface area contributed by atoms with Crippen LogP contribution < -0.4 is 0 Å². The predicted octanol–water partition coefficient (Wildman–Crippen LogP) is 2.00. The van der Waals surface area contributed by atoms with Crippen LogP contribution in [0, 0.1) is 23.2 Å². The third kappa shape index (κ3) is 2.71. The van der Waals surface area contributed by atoms with Gasteiger partial charge in [0.05, 0.1) is 12.7 Å². The molecule has 3 rings (SSSR count). The van der Waals surface area contributed by atoms with Crippen LogP contribution >= 0.6 is 0 Å². The summed E-state index contributed by atoms with van der Waals surface area (Å²) in [6.45, 7) is 7.93. The molecule has 1 saturated carbocycles. The normalized spacial score (nSPS) is 43.3. The lowest BCUT2D eigenvalue weighted by atomic mass is 9.68. The van der Waals surface area contributed by atoms with Crippen molar-refractivity contribution in [1.29, 1.82) is 0 Å². The first-order valence-electron chi connectivity index (χ1n) is 9.65. The highest BCUT2D eigenvalue weighted by atomic mass is 16.5.